The van der Waals surface area contributed by atoms with Crippen molar-refractivity contribution < 1.29 is 19.1 Å². The van der Waals surface area contributed by atoms with Crippen molar-refractivity contribution in [3.8, 4) is 5.75 Å². The van der Waals surface area contributed by atoms with Crippen molar-refractivity contribution in [3.63, 3.8) is 0 Å². The van der Waals surface area contributed by atoms with Gasteiger partial charge in [0.25, 0.3) is 0 Å². The van der Waals surface area contributed by atoms with Gasteiger partial charge in [0.05, 0.1) is 0 Å². The molecule has 0 spiro atoms. The fourth-order valence-corrected chi connectivity index (χ4v) is 2.28. The first-order valence-electron chi connectivity index (χ1n) is 7.72. The highest BCUT2D eigenvalue weighted by Gasteiger charge is 2.18. The van der Waals surface area contributed by atoms with Gasteiger partial charge >= 0.3 is 0 Å². The Hall–Kier alpha value is -2.54. The van der Waals surface area contributed by atoms with Crippen LogP contribution in [0.25, 0.3) is 0 Å². The van der Waals surface area contributed by atoms with E-state index in [1.54, 1.807) is 25.1 Å². The van der Waals surface area contributed by atoms with Gasteiger partial charge in [-0.2, -0.15) is 0 Å². The van der Waals surface area contributed by atoms with E-state index in [9.17, 15) is 14.4 Å². The molecule has 0 aliphatic heterocycles. The van der Waals surface area contributed by atoms with Crippen molar-refractivity contribution in [1.82, 2.24) is 10.6 Å². The van der Waals surface area contributed by atoms with E-state index in [1.807, 2.05) is 7.05 Å². The van der Waals surface area contributed by atoms with Crippen molar-refractivity contribution in [2.75, 3.05) is 20.2 Å². The summed E-state index contributed by atoms with van der Waals surface area (Å²) in [6.45, 7) is 2.32. The van der Waals surface area contributed by atoms with Crippen LogP contribution in [0.2, 0.25) is 0 Å². The number of hydrogen-bond donors (Lipinski definition) is 2. The van der Waals surface area contributed by atoms with Gasteiger partial charge in [-0.1, -0.05) is 12.1 Å². The van der Waals surface area contributed by atoms with Crippen LogP contribution in [0.5, 0.6) is 5.75 Å². The number of nitrogens with zero attached hydrogens (tertiary/aromatic N) is 1. The number of aliphatic imine (C=N–C) groups is 1. The Bertz CT molecular complexity index is 587. The highest BCUT2D eigenvalue weighted by Crippen LogP contribution is 2.37. The van der Waals surface area contributed by atoms with Gasteiger partial charge in [-0.15, -0.1) is 0 Å². The Morgan fingerprint density at radius 1 is 1.33 bits per heavy atom. The molecule has 1 aromatic rings. The molecule has 0 aliphatic rings. The van der Waals surface area contributed by atoms with Gasteiger partial charge in [0.1, 0.15) is 30.2 Å². The van der Waals surface area contributed by atoms with Gasteiger partial charge in [-0.3, -0.25) is 9.59 Å². The molecular formula is C17H23N3O4. The number of para-hydroxylation sites is 1. The topological polar surface area (TPSA) is 96.9 Å². The fraction of sp³-hybridized carbons (Fsp3) is 0.412. The molecule has 1 aromatic carbocycles. The minimum atomic E-state index is -0.346. The van der Waals surface area contributed by atoms with E-state index >= 15 is 0 Å². The minimum absolute atomic E-state index is 0.113. The third-order valence-electron chi connectivity index (χ3n) is 3.39. The zero-order valence-electron chi connectivity index (χ0n) is 14.0. The second kappa shape index (κ2) is 11.1. The predicted octanol–water partition coefficient (Wildman–Crippen LogP) is 1.34. The van der Waals surface area contributed by atoms with Crippen LogP contribution >= 0.6 is 0 Å². The molecule has 1 rings (SSSR count). The molecule has 0 fully saturated rings. The molecule has 0 radical (unpaired) electrons. The molecule has 1 atom stereocenters. The highest BCUT2D eigenvalue weighted by molar-refractivity contribution is 5.91. The molecule has 1 unspecified atom stereocenters. The van der Waals surface area contributed by atoms with E-state index < -0.39 is 0 Å². The van der Waals surface area contributed by atoms with E-state index in [-0.39, 0.29) is 12.5 Å². The lowest BCUT2D eigenvalue weighted by atomic mass is 9.93. The lowest BCUT2D eigenvalue weighted by molar-refractivity contribution is -0.110. The second-order valence-electron chi connectivity index (χ2n) is 5.12. The van der Waals surface area contributed by atoms with Crippen LogP contribution in [0.1, 0.15) is 31.2 Å². The second-order valence-corrected chi connectivity index (χ2v) is 5.12. The standard InChI is InChI=1S/C17H23N3O4/c1-13(19-12-23)20-17-15(14(11-22)5-4-8-18-2)6-3-7-16(17)24-10-9-21/h3,6-7,9,11-12,14,18H,4-5,8,10H2,1-2H3,(H,19,20,23). The highest BCUT2D eigenvalue weighted by atomic mass is 16.5. The Balaban J connectivity index is 3.24. The minimum Gasteiger partial charge on any atom is -0.484 e. The van der Waals surface area contributed by atoms with E-state index in [2.05, 4.69) is 15.6 Å². The van der Waals surface area contributed by atoms with Crippen molar-refractivity contribution in [3.05, 3.63) is 23.8 Å². The normalized spacial score (nSPS) is 12.3. The number of nitrogens with one attached hydrogen (secondary N) is 2. The Labute approximate surface area is 141 Å². The monoisotopic (exact) mass is 333 g/mol. The maximum Gasteiger partial charge on any atom is 0.212 e. The molecule has 0 saturated carbocycles. The van der Waals surface area contributed by atoms with Crippen molar-refractivity contribution in [2.45, 2.75) is 25.7 Å². The summed E-state index contributed by atoms with van der Waals surface area (Å²) >= 11 is 0. The number of carbonyl (C=O) groups excluding carboxylic acids is 3. The average Bonchev–Trinajstić information content (AvgIpc) is 2.58. The molecule has 24 heavy (non-hydrogen) atoms. The number of hydrogen-bond acceptors (Lipinski definition) is 6. The first kappa shape index (κ1) is 19.5. The third kappa shape index (κ3) is 5.92. The Kier molecular flexibility index (Phi) is 8.99. The molecule has 1 amide bonds. The lowest BCUT2D eigenvalue weighted by Crippen LogP contribution is -2.17. The number of benzene rings is 1. The zero-order chi connectivity index (χ0) is 17.8. The Morgan fingerprint density at radius 3 is 2.75 bits per heavy atom. The molecule has 0 aromatic heterocycles. The van der Waals surface area contributed by atoms with Gasteiger partial charge < -0.3 is 20.2 Å². The van der Waals surface area contributed by atoms with Gasteiger partial charge in [0.2, 0.25) is 6.41 Å². The zero-order valence-corrected chi connectivity index (χ0v) is 14.0. The maximum absolute atomic E-state index is 11.6. The molecule has 7 nitrogen and oxygen atoms in total. The molecule has 0 bridgehead atoms. The van der Waals surface area contributed by atoms with Crippen LogP contribution < -0.4 is 15.4 Å². The smallest absolute Gasteiger partial charge is 0.212 e. The fourth-order valence-electron chi connectivity index (χ4n) is 2.28. The molecule has 0 heterocycles. The van der Waals surface area contributed by atoms with Crippen LogP contribution in [0, 0.1) is 0 Å². The molecular weight excluding hydrogens is 310 g/mol. The molecule has 2 N–H and O–H groups in total. The summed E-state index contributed by atoms with van der Waals surface area (Å²) in [7, 11) is 1.86. The predicted molar refractivity (Wildman–Crippen MR) is 91.9 cm³/mol. The average molecular weight is 333 g/mol. The van der Waals surface area contributed by atoms with Gasteiger partial charge in [0.15, 0.2) is 6.29 Å². The third-order valence-corrected chi connectivity index (χ3v) is 3.39. The van der Waals surface area contributed by atoms with Crippen molar-refractivity contribution in [2.24, 2.45) is 4.99 Å². The van der Waals surface area contributed by atoms with E-state index in [1.165, 1.54) is 0 Å². The summed E-state index contributed by atoms with van der Waals surface area (Å²) in [5.41, 5.74) is 1.16. The largest absolute Gasteiger partial charge is 0.484 e. The van der Waals surface area contributed by atoms with Crippen LogP contribution in [0.15, 0.2) is 23.2 Å². The van der Waals surface area contributed by atoms with Gasteiger partial charge in [0, 0.05) is 5.92 Å². The van der Waals surface area contributed by atoms with E-state index in [4.69, 9.17) is 4.74 Å². The summed E-state index contributed by atoms with van der Waals surface area (Å²) in [5, 5.41) is 5.51. The molecule has 0 aliphatic carbocycles. The molecule has 7 heteroatoms. The van der Waals surface area contributed by atoms with E-state index in [0.717, 1.165) is 19.3 Å². The lowest BCUT2D eigenvalue weighted by Gasteiger charge is -2.16. The Morgan fingerprint density at radius 2 is 2.12 bits per heavy atom. The van der Waals surface area contributed by atoms with Crippen molar-refractivity contribution in [1.29, 1.82) is 0 Å². The van der Waals surface area contributed by atoms with Gasteiger partial charge in [-0.05, 0) is 45.0 Å². The van der Waals surface area contributed by atoms with E-state index in [0.29, 0.717) is 42.0 Å². The SMILES string of the molecule is CNCCCC(C=O)c1cccc(OCC=O)c1N=C(C)NC=O. The van der Waals surface area contributed by atoms with Crippen LogP contribution in [0.4, 0.5) is 5.69 Å². The van der Waals surface area contributed by atoms with Crippen LogP contribution in [-0.2, 0) is 14.4 Å². The summed E-state index contributed by atoms with van der Waals surface area (Å²) in [5.74, 6) is 0.418. The van der Waals surface area contributed by atoms with Crippen LogP contribution in [0.3, 0.4) is 0 Å². The number of amides is 1. The summed E-state index contributed by atoms with van der Waals surface area (Å²) in [6.07, 6.45) is 3.53. The summed E-state index contributed by atoms with van der Waals surface area (Å²) in [6, 6.07) is 5.24. The summed E-state index contributed by atoms with van der Waals surface area (Å²) in [4.78, 5) is 37.1. The number of ether oxygens (including phenoxy) is 1. The van der Waals surface area contributed by atoms with Crippen LogP contribution in [-0.4, -0.2) is 45.0 Å². The first-order valence-corrected chi connectivity index (χ1v) is 7.72. The first-order chi connectivity index (χ1) is 11.7. The number of aldehydes is 2. The molecule has 0 saturated heterocycles. The molecule has 130 valence electrons. The number of amidine groups is 1. The van der Waals surface area contributed by atoms with Gasteiger partial charge in [-0.25, -0.2) is 4.99 Å². The van der Waals surface area contributed by atoms with Crippen molar-refractivity contribution >= 4 is 30.5 Å². The summed E-state index contributed by atoms with van der Waals surface area (Å²) < 4.78 is 5.41. The number of rotatable bonds is 11. The quantitative estimate of drug-likeness (QED) is 0.276. The number of carbonyl (C=O) groups is 3. The maximum atomic E-state index is 11.6.